The highest BCUT2D eigenvalue weighted by molar-refractivity contribution is 5.26. The van der Waals surface area contributed by atoms with E-state index in [0.717, 1.165) is 19.5 Å². The molecule has 1 heterocycles. The van der Waals surface area contributed by atoms with E-state index in [0.29, 0.717) is 12.5 Å². The molecule has 0 aromatic carbocycles. The van der Waals surface area contributed by atoms with Crippen molar-refractivity contribution in [2.75, 3.05) is 45.2 Å². The smallest absolute Gasteiger partial charge is 0.228 e. The summed E-state index contributed by atoms with van der Waals surface area (Å²) in [7, 11) is 4.08. The van der Waals surface area contributed by atoms with Gasteiger partial charge in [0.05, 0.1) is 6.61 Å². The van der Waals surface area contributed by atoms with E-state index in [1.54, 1.807) is 0 Å². The van der Waals surface area contributed by atoms with E-state index in [4.69, 9.17) is 5.11 Å². The van der Waals surface area contributed by atoms with E-state index in [9.17, 15) is 0 Å². The molecule has 0 unspecified atom stereocenters. The number of aromatic nitrogens is 3. The monoisotopic (exact) mass is 225 g/mol. The summed E-state index contributed by atoms with van der Waals surface area (Å²) in [5.74, 6) is 0.628. The van der Waals surface area contributed by atoms with Crippen molar-refractivity contribution in [2.24, 2.45) is 0 Å². The Morgan fingerprint density at radius 1 is 1.12 bits per heavy atom. The second kappa shape index (κ2) is 7.08. The molecule has 0 saturated carbocycles. The van der Waals surface area contributed by atoms with Gasteiger partial charge in [0.2, 0.25) is 5.95 Å². The standard InChI is InChI=1S/C10H19N5O/c1-14(2)4-3-5-15(6-7-16)10-12-8-11-9-13-10/h8-9,16H,3-7H2,1-2H3. The zero-order valence-corrected chi connectivity index (χ0v) is 9.87. The van der Waals surface area contributed by atoms with Crippen molar-refractivity contribution in [1.29, 1.82) is 0 Å². The third kappa shape index (κ3) is 4.50. The number of aliphatic hydroxyl groups excluding tert-OH is 1. The van der Waals surface area contributed by atoms with E-state index >= 15 is 0 Å². The summed E-state index contributed by atoms with van der Waals surface area (Å²) in [5, 5.41) is 8.98. The maximum Gasteiger partial charge on any atom is 0.228 e. The lowest BCUT2D eigenvalue weighted by Gasteiger charge is -2.21. The van der Waals surface area contributed by atoms with Gasteiger partial charge in [-0.2, -0.15) is 0 Å². The Bertz CT molecular complexity index is 280. The molecule has 0 aliphatic heterocycles. The fraction of sp³-hybridized carbons (Fsp3) is 0.700. The molecule has 0 atom stereocenters. The van der Waals surface area contributed by atoms with Gasteiger partial charge in [0.1, 0.15) is 12.7 Å². The van der Waals surface area contributed by atoms with E-state index in [2.05, 4.69) is 19.9 Å². The van der Waals surface area contributed by atoms with Crippen LogP contribution in [0.1, 0.15) is 6.42 Å². The Balaban J connectivity index is 2.48. The first-order valence-electron chi connectivity index (χ1n) is 5.36. The number of hydrogen-bond donors (Lipinski definition) is 1. The van der Waals surface area contributed by atoms with Crippen molar-refractivity contribution >= 4 is 5.95 Å². The second-order valence-corrected chi connectivity index (χ2v) is 3.81. The van der Waals surface area contributed by atoms with Crippen molar-refractivity contribution in [3.8, 4) is 0 Å². The summed E-state index contributed by atoms with van der Waals surface area (Å²) < 4.78 is 0. The highest BCUT2D eigenvalue weighted by Crippen LogP contribution is 2.04. The molecule has 0 spiro atoms. The molecule has 6 heteroatoms. The molecule has 1 aromatic rings. The molecular formula is C10H19N5O. The molecule has 0 aliphatic carbocycles. The average molecular weight is 225 g/mol. The van der Waals surface area contributed by atoms with Gasteiger partial charge in [0, 0.05) is 13.1 Å². The average Bonchev–Trinajstić information content (AvgIpc) is 2.29. The fourth-order valence-corrected chi connectivity index (χ4v) is 1.41. The van der Waals surface area contributed by atoms with Crippen LogP contribution in [0.15, 0.2) is 12.7 Å². The van der Waals surface area contributed by atoms with Crippen LogP contribution in [0.5, 0.6) is 0 Å². The topological polar surface area (TPSA) is 65.4 Å². The summed E-state index contributed by atoms with van der Waals surface area (Å²) in [6.07, 6.45) is 3.95. The van der Waals surface area contributed by atoms with Crippen LogP contribution < -0.4 is 4.90 Å². The predicted molar refractivity (Wildman–Crippen MR) is 62.3 cm³/mol. The van der Waals surface area contributed by atoms with E-state index in [-0.39, 0.29) is 6.61 Å². The molecule has 16 heavy (non-hydrogen) atoms. The molecule has 0 radical (unpaired) electrons. The number of hydrogen-bond acceptors (Lipinski definition) is 6. The Morgan fingerprint density at radius 3 is 2.38 bits per heavy atom. The zero-order chi connectivity index (χ0) is 11.8. The van der Waals surface area contributed by atoms with Crippen molar-refractivity contribution in [3.05, 3.63) is 12.7 Å². The van der Waals surface area contributed by atoms with Crippen LogP contribution in [0, 0.1) is 0 Å². The van der Waals surface area contributed by atoms with Gasteiger partial charge in [-0.15, -0.1) is 0 Å². The van der Waals surface area contributed by atoms with Crippen LogP contribution in [0.3, 0.4) is 0 Å². The van der Waals surface area contributed by atoms with Gasteiger partial charge >= 0.3 is 0 Å². The number of aliphatic hydroxyl groups is 1. The van der Waals surface area contributed by atoms with Gasteiger partial charge in [-0.25, -0.2) is 15.0 Å². The second-order valence-electron chi connectivity index (χ2n) is 3.81. The first-order valence-corrected chi connectivity index (χ1v) is 5.36. The van der Waals surface area contributed by atoms with Gasteiger partial charge in [-0.1, -0.05) is 0 Å². The SMILES string of the molecule is CN(C)CCCN(CCO)c1ncncn1. The quantitative estimate of drug-likeness (QED) is 0.682. The number of anilines is 1. The molecule has 0 bridgehead atoms. The lowest BCUT2D eigenvalue weighted by molar-refractivity contribution is 0.299. The van der Waals surface area contributed by atoms with Crippen molar-refractivity contribution in [1.82, 2.24) is 19.9 Å². The zero-order valence-electron chi connectivity index (χ0n) is 9.87. The van der Waals surface area contributed by atoms with Crippen LogP contribution >= 0.6 is 0 Å². The van der Waals surface area contributed by atoms with Crippen molar-refractivity contribution in [2.45, 2.75) is 6.42 Å². The van der Waals surface area contributed by atoms with E-state index < -0.39 is 0 Å². The lowest BCUT2D eigenvalue weighted by Crippen LogP contribution is -2.31. The lowest BCUT2D eigenvalue weighted by atomic mass is 10.3. The van der Waals surface area contributed by atoms with Crippen LogP contribution in [-0.4, -0.2) is 65.3 Å². The Kier molecular flexibility index (Phi) is 5.66. The van der Waals surface area contributed by atoms with Gasteiger partial charge in [-0.3, -0.25) is 0 Å². The first-order chi connectivity index (χ1) is 7.74. The minimum Gasteiger partial charge on any atom is -0.395 e. The van der Waals surface area contributed by atoms with Gasteiger partial charge in [-0.05, 0) is 27.1 Å². The molecule has 90 valence electrons. The minimum atomic E-state index is 0.105. The molecular weight excluding hydrogens is 206 g/mol. The molecule has 6 nitrogen and oxygen atoms in total. The van der Waals surface area contributed by atoms with Crippen molar-refractivity contribution < 1.29 is 5.11 Å². The van der Waals surface area contributed by atoms with E-state index in [1.165, 1.54) is 12.7 Å². The molecule has 0 amide bonds. The van der Waals surface area contributed by atoms with Crippen LogP contribution in [0.4, 0.5) is 5.95 Å². The minimum absolute atomic E-state index is 0.105. The predicted octanol–water partition coefficient (Wildman–Crippen LogP) is -0.378. The highest BCUT2D eigenvalue weighted by atomic mass is 16.3. The van der Waals surface area contributed by atoms with Crippen LogP contribution in [0.2, 0.25) is 0 Å². The van der Waals surface area contributed by atoms with Gasteiger partial charge in [0.25, 0.3) is 0 Å². The normalized spacial score (nSPS) is 10.8. The van der Waals surface area contributed by atoms with Crippen LogP contribution in [-0.2, 0) is 0 Å². The highest BCUT2D eigenvalue weighted by Gasteiger charge is 2.07. The summed E-state index contributed by atoms with van der Waals surface area (Å²) in [6.45, 7) is 2.50. The number of nitrogens with zero attached hydrogens (tertiary/aromatic N) is 5. The van der Waals surface area contributed by atoms with Crippen molar-refractivity contribution in [3.63, 3.8) is 0 Å². The molecule has 1 N–H and O–H groups in total. The summed E-state index contributed by atoms with van der Waals surface area (Å²) in [5.41, 5.74) is 0. The fourth-order valence-electron chi connectivity index (χ4n) is 1.41. The molecule has 0 aliphatic rings. The van der Waals surface area contributed by atoms with Gasteiger partial charge < -0.3 is 14.9 Å². The molecule has 0 fully saturated rings. The summed E-state index contributed by atoms with van der Waals surface area (Å²) >= 11 is 0. The summed E-state index contributed by atoms with van der Waals surface area (Å²) in [6, 6.07) is 0. The maximum atomic E-state index is 8.98. The number of rotatable bonds is 7. The largest absolute Gasteiger partial charge is 0.395 e. The first kappa shape index (κ1) is 12.8. The molecule has 1 rings (SSSR count). The van der Waals surface area contributed by atoms with E-state index in [1.807, 2.05) is 19.0 Å². The van der Waals surface area contributed by atoms with Gasteiger partial charge in [0.15, 0.2) is 0 Å². The summed E-state index contributed by atoms with van der Waals surface area (Å²) in [4.78, 5) is 16.0. The Hall–Kier alpha value is -1.27. The molecule has 0 saturated heterocycles. The van der Waals surface area contributed by atoms with Crippen LogP contribution in [0.25, 0.3) is 0 Å². The molecule has 1 aromatic heterocycles. The Morgan fingerprint density at radius 2 is 1.81 bits per heavy atom. The maximum absolute atomic E-state index is 8.98. The third-order valence-corrected chi connectivity index (χ3v) is 2.17. The Labute approximate surface area is 96.0 Å². The third-order valence-electron chi connectivity index (χ3n) is 2.17.